The maximum atomic E-state index is 12.5. The molecule has 0 aliphatic rings. The van der Waals surface area contributed by atoms with Gasteiger partial charge in [0.15, 0.2) is 6.61 Å². The fourth-order valence-corrected chi connectivity index (χ4v) is 4.48. The molecule has 29 heavy (non-hydrogen) atoms. The number of esters is 1. The van der Waals surface area contributed by atoms with Crippen LogP contribution in [0.25, 0.3) is 6.08 Å². The topological polar surface area (TPSA) is 88.4 Å². The number of amides is 1. The summed E-state index contributed by atoms with van der Waals surface area (Å²) in [5, 5.41) is 12.2. The summed E-state index contributed by atoms with van der Waals surface area (Å²) in [6.07, 6.45) is 1.52. The molecule has 0 unspecified atom stereocenters. The van der Waals surface area contributed by atoms with Gasteiger partial charge in [-0.3, -0.25) is 4.79 Å². The molecule has 0 saturated heterocycles. The Balaban J connectivity index is 2.21. The largest absolute Gasteiger partial charge is 0.480 e. The number of aryl methyl sites for hydroxylation is 1. The van der Waals surface area contributed by atoms with E-state index in [0.717, 1.165) is 12.7 Å². The van der Waals surface area contributed by atoms with E-state index in [1.807, 2.05) is 31.2 Å². The van der Waals surface area contributed by atoms with Crippen LogP contribution in [-0.2, 0) is 14.3 Å². The maximum absolute atomic E-state index is 12.5. The monoisotopic (exact) mass is 616 g/mol. The number of nitriles is 1. The highest BCUT2D eigenvalue weighted by Gasteiger charge is 2.14. The number of carbonyl (C=O) groups excluding carboxylic acids is 2. The van der Waals surface area contributed by atoms with E-state index >= 15 is 0 Å². The molecule has 0 aliphatic heterocycles. The van der Waals surface area contributed by atoms with Gasteiger partial charge >= 0.3 is 5.97 Å². The van der Waals surface area contributed by atoms with Gasteiger partial charge in [0.1, 0.15) is 17.4 Å². The van der Waals surface area contributed by atoms with E-state index in [-0.39, 0.29) is 12.2 Å². The average Bonchev–Trinajstić information content (AvgIpc) is 2.67. The van der Waals surface area contributed by atoms with Crippen molar-refractivity contribution in [1.82, 2.24) is 0 Å². The first kappa shape index (κ1) is 23.2. The lowest BCUT2D eigenvalue weighted by Gasteiger charge is -2.11. The van der Waals surface area contributed by atoms with Gasteiger partial charge in [0, 0.05) is 5.69 Å². The Labute approximate surface area is 196 Å². The number of nitrogens with one attached hydrogen (secondary N) is 1. The highest BCUT2D eigenvalue weighted by atomic mass is 127. The van der Waals surface area contributed by atoms with Crippen LogP contribution in [0, 0.1) is 25.4 Å². The third-order valence-electron chi connectivity index (χ3n) is 3.73. The highest BCUT2D eigenvalue weighted by molar-refractivity contribution is 14.1. The van der Waals surface area contributed by atoms with Crippen LogP contribution >= 0.6 is 45.2 Å². The number of nitrogens with zero attached hydrogens (tertiary/aromatic N) is 1. The standard InChI is InChI=1S/C21H18I2N2O4/c1-3-28-19(26)12-29-20-16(22)9-14(10-17(20)23)8-15(11-24)21(27)25-18-7-5-4-6-13(18)2/h4-10H,3,12H2,1-2H3,(H,25,27)/b15-8-. The van der Waals surface area contributed by atoms with Crippen LogP contribution < -0.4 is 10.1 Å². The van der Waals surface area contributed by atoms with Crippen molar-refractivity contribution in [2.24, 2.45) is 0 Å². The summed E-state index contributed by atoms with van der Waals surface area (Å²) in [5.74, 6) is -0.364. The van der Waals surface area contributed by atoms with Crippen molar-refractivity contribution in [3.8, 4) is 11.8 Å². The van der Waals surface area contributed by atoms with Crippen LogP contribution in [0.1, 0.15) is 18.1 Å². The molecule has 0 atom stereocenters. The predicted octanol–water partition coefficient (Wildman–Crippen LogP) is 4.69. The fourth-order valence-electron chi connectivity index (χ4n) is 2.35. The van der Waals surface area contributed by atoms with Crippen LogP contribution in [0.3, 0.4) is 0 Å². The summed E-state index contributed by atoms with van der Waals surface area (Å²) in [6, 6.07) is 12.9. The summed E-state index contributed by atoms with van der Waals surface area (Å²) >= 11 is 4.17. The first-order chi connectivity index (χ1) is 13.8. The molecule has 0 aliphatic carbocycles. The van der Waals surface area contributed by atoms with Gasteiger partial charge in [-0.05, 0) is 94.4 Å². The molecule has 0 heterocycles. The number of halogens is 2. The first-order valence-electron chi connectivity index (χ1n) is 8.62. The molecule has 0 bridgehead atoms. The summed E-state index contributed by atoms with van der Waals surface area (Å²) < 4.78 is 11.9. The maximum Gasteiger partial charge on any atom is 0.344 e. The molecule has 0 saturated carbocycles. The van der Waals surface area contributed by atoms with E-state index < -0.39 is 11.9 Å². The second kappa shape index (κ2) is 11.2. The normalized spacial score (nSPS) is 10.8. The molecule has 1 N–H and O–H groups in total. The van der Waals surface area contributed by atoms with E-state index in [1.54, 1.807) is 25.1 Å². The number of hydrogen-bond donors (Lipinski definition) is 1. The zero-order chi connectivity index (χ0) is 21.4. The molecule has 1 amide bonds. The Morgan fingerprint density at radius 3 is 2.45 bits per heavy atom. The Bertz CT molecular complexity index is 973. The third kappa shape index (κ3) is 6.71. The molecule has 8 heteroatoms. The number of ether oxygens (including phenoxy) is 2. The van der Waals surface area contributed by atoms with Gasteiger partial charge in [0.25, 0.3) is 5.91 Å². The Kier molecular flexibility index (Phi) is 8.91. The van der Waals surface area contributed by atoms with Crippen molar-refractivity contribution in [3.05, 3.63) is 60.2 Å². The van der Waals surface area contributed by atoms with Crippen molar-refractivity contribution in [2.45, 2.75) is 13.8 Å². The molecule has 2 rings (SSSR count). The smallest absolute Gasteiger partial charge is 0.344 e. The molecule has 150 valence electrons. The van der Waals surface area contributed by atoms with Crippen LogP contribution in [-0.4, -0.2) is 25.1 Å². The zero-order valence-corrected chi connectivity index (χ0v) is 20.1. The molecule has 2 aromatic carbocycles. The molecular formula is C21H18I2N2O4. The summed E-state index contributed by atoms with van der Waals surface area (Å²) in [5.41, 5.74) is 2.23. The fraction of sp³-hybridized carbons (Fsp3) is 0.190. The van der Waals surface area contributed by atoms with Gasteiger partial charge in [-0.2, -0.15) is 5.26 Å². The van der Waals surface area contributed by atoms with Crippen LogP contribution in [0.5, 0.6) is 5.75 Å². The minimum absolute atomic E-state index is 0.0138. The molecular weight excluding hydrogens is 598 g/mol. The van der Waals surface area contributed by atoms with Crippen molar-refractivity contribution >= 4 is 68.8 Å². The van der Waals surface area contributed by atoms with E-state index in [1.165, 1.54) is 6.08 Å². The molecule has 0 aromatic heterocycles. The van der Waals surface area contributed by atoms with E-state index in [9.17, 15) is 14.9 Å². The van der Waals surface area contributed by atoms with Crippen molar-refractivity contribution in [2.75, 3.05) is 18.5 Å². The summed E-state index contributed by atoms with van der Waals surface area (Å²) in [7, 11) is 0. The van der Waals surface area contributed by atoms with Gasteiger partial charge in [0.05, 0.1) is 13.7 Å². The Morgan fingerprint density at radius 2 is 1.86 bits per heavy atom. The van der Waals surface area contributed by atoms with E-state index in [0.29, 0.717) is 23.6 Å². The number of hydrogen-bond acceptors (Lipinski definition) is 5. The predicted molar refractivity (Wildman–Crippen MR) is 127 cm³/mol. The molecule has 2 aromatic rings. The minimum Gasteiger partial charge on any atom is -0.480 e. The van der Waals surface area contributed by atoms with Gasteiger partial charge in [-0.1, -0.05) is 18.2 Å². The van der Waals surface area contributed by atoms with Crippen molar-refractivity contribution in [1.29, 1.82) is 5.26 Å². The van der Waals surface area contributed by atoms with E-state index in [2.05, 4.69) is 50.5 Å². The lowest BCUT2D eigenvalue weighted by atomic mass is 10.1. The SMILES string of the molecule is CCOC(=O)COc1c(I)cc(/C=C(/C#N)C(=O)Nc2ccccc2C)cc1I. The summed E-state index contributed by atoms with van der Waals surface area (Å²) in [4.78, 5) is 24.0. The number of para-hydroxylation sites is 1. The minimum atomic E-state index is -0.477. The first-order valence-corrected chi connectivity index (χ1v) is 10.8. The Hall–Kier alpha value is -2.13. The van der Waals surface area contributed by atoms with Crippen LogP contribution in [0.15, 0.2) is 42.0 Å². The van der Waals surface area contributed by atoms with Crippen LogP contribution in [0.2, 0.25) is 0 Å². The molecule has 0 radical (unpaired) electrons. The lowest BCUT2D eigenvalue weighted by molar-refractivity contribution is -0.145. The van der Waals surface area contributed by atoms with Gasteiger partial charge in [0.2, 0.25) is 0 Å². The zero-order valence-electron chi connectivity index (χ0n) is 15.8. The van der Waals surface area contributed by atoms with Gasteiger partial charge < -0.3 is 14.8 Å². The number of rotatable bonds is 7. The lowest BCUT2D eigenvalue weighted by Crippen LogP contribution is -2.15. The quantitative estimate of drug-likeness (QED) is 0.211. The van der Waals surface area contributed by atoms with Gasteiger partial charge in [-0.15, -0.1) is 0 Å². The summed E-state index contributed by atoms with van der Waals surface area (Å²) in [6.45, 7) is 3.72. The van der Waals surface area contributed by atoms with E-state index in [4.69, 9.17) is 9.47 Å². The second-order valence-corrected chi connectivity index (χ2v) is 8.17. The molecule has 6 nitrogen and oxygen atoms in total. The number of anilines is 1. The van der Waals surface area contributed by atoms with Crippen molar-refractivity contribution in [3.63, 3.8) is 0 Å². The highest BCUT2D eigenvalue weighted by Crippen LogP contribution is 2.30. The second-order valence-electron chi connectivity index (χ2n) is 5.85. The van der Waals surface area contributed by atoms with Crippen molar-refractivity contribution < 1.29 is 19.1 Å². The number of carbonyl (C=O) groups is 2. The van der Waals surface area contributed by atoms with Gasteiger partial charge in [-0.25, -0.2) is 4.79 Å². The number of benzene rings is 2. The van der Waals surface area contributed by atoms with Crippen LogP contribution in [0.4, 0.5) is 5.69 Å². The molecule has 0 fully saturated rings. The molecule has 0 spiro atoms. The third-order valence-corrected chi connectivity index (χ3v) is 5.33. The Morgan fingerprint density at radius 1 is 1.21 bits per heavy atom. The average molecular weight is 616 g/mol.